The molecular weight excluding hydrogens is 456 g/mol. The van der Waals surface area contributed by atoms with E-state index in [1.165, 1.54) is 11.3 Å². The predicted molar refractivity (Wildman–Crippen MR) is 125 cm³/mol. The Labute approximate surface area is 191 Å². The van der Waals surface area contributed by atoms with Gasteiger partial charge in [-0.2, -0.15) is 0 Å². The van der Waals surface area contributed by atoms with Crippen LogP contribution in [0.2, 0.25) is 5.02 Å². The molecule has 0 radical (unpaired) electrons. The molecule has 1 aliphatic rings. The molecule has 31 heavy (non-hydrogen) atoms. The summed E-state index contributed by atoms with van der Waals surface area (Å²) < 4.78 is 36.9. The average Bonchev–Trinajstić information content (AvgIpc) is 3.29. The van der Waals surface area contributed by atoms with Gasteiger partial charge in [-0.25, -0.2) is 13.4 Å². The minimum atomic E-state index is -3.46. The number of sulfone groups is 1. The van der Waals surface area contributed by atoms with Crippen LogP contribution >= 0.6 is 22.9 Å². The summed E-state index contributed by atoms with van der Waals surface area (Å²) in [5.74, 6) is 1.46. The zero-order valence-corrected chi connectivity index (χ0v) is 19.6. The van der Waals surface area contributed by atoms with Crippen molar-refractivity contribution < 1.29 is 17.9 Å². The maximum atomic E-state index is 13.0. The van der Waals surface area contributed by atoms with E-state index >= 15 is 0 Å². The van der Waals surface area contributed by atoms with Crippen LogP contribution in [0, 0.1) is 0 Å². The minimum Gasteiger partial charge on any atom is -0.497 e. The van der Waals surface area contributed by atoms with Crippen LogP contribution in [0.1, 0.15) is 12.8 Å². The van der Waals surface area contributed by atoms with E-state index in [1.54, 1.807) is 38.5 Å². The van der Waals surface area contributed by atoms with Crippen LogP contribution in [-0.2, 0) is 9.84 Å². The molecule has 0 atom stereocenters. The number of benzene rings is 2. The van der Waals surface area contributed by atoms with E-state index in [2.05, 4.69) is 4.90 Å². The maximum Gasteiger partial charge on any atom is 0.185 e. The van der Waals surface area contributed by atoms with Crippen molar-refractivity contribution in [1.29, 1.82) is 0 Å². The van der Waals surface area contributed by atoms with Crippen LogP contribution in [0.5, 0.6) is 11.5 Å². The highest BCUT2D eigenvalue weighted by Gasteiger charge is 2.33. The first-order chi connectivity index (χ1) is 14.9. The molecule has 0 bridgehead atoms. The molecule has 1 aliphatic heterocycles. The van der Waals surface area contributed by atoms with Gasteiger partial charge in [0.25, 0.3) is 0 Å². The topological polar surface area (TPSA) is 68.7 Å². The molecule has 1 saturated heterocycles. The highest BCUT2D eigenvalue weighted by Crippen LogP contribution is 2.37. The Hall–Kier alpha value is -2.29. The minimum absolute atomic E-state index is 0.219. The Morgan fingerprint density at radius 1 is 1.10 bits per heavy atom. The zero-order chi connectivity index (χ0) is 22.0. The van der Waals surface area contributed by atoms with E-state index in [-0.39, 0.29) is 9.92 Å². The van der Waals surface area contributed by atoms with Gasteiger partial charge >= 0.3 is 0 Å². The Balaban J connectivity index is 1.50. The number of ether oxygens (including phenoxy) is 2. The van der Waals surface area contributed by atoms with E-state index in [1.807, 2.05) is 23.6 Å². The lowest BCUT2D eigenvalue weighted by Crippen LogP contribution is -2.39. The van der Waals surface area contributed by atoms with Crippen LogP contribution < -0.4 is 14.4 Å². The number of aromatic nitrogens is 1. The number of nitrogens with zero attached hydrogens (tertiary/aromatic N) is 2. The van der Waals surface area contributed by atoms with Gasteiger partial charge in [-0.3, -0.25) is 0 Å². The van der Waals surface area contributed by atoms with Crippen molar-refractivity contribution >= 4 is 37.9 Å². The molecule has 1 aromatic heterocycles. The number of thiazole rings is 1. The van der Waals surface area contributed by atoms with Gasteiger partial charge < -0.3 is 14.4 Å². The highest BCUT2D eigenvalue weighted by molar-refractivity contribution is 7.92. The summed E-state index contributed by atoms with van der Waals surface area (Å²) in [6.45, 7) is 1.24. The lowest BCUT2D eigenvalue weighted by molar-refractivity contribution is 0.404. The molecule has 0 saturated carbocycles. The number of hydrogen-bond donors (Lipinski definition) is 0. The Morgan fingerprint density at radius 3 is 2.52 bits per heavy atom. The summed E-state index contributed by atoms with van der Waals surface area (Å²) >= 11 is 7.68. The molecular formula is C22H23ClN2O4S2. The van der Waals surface area contributed by atoms with Gasteiger partial charge in [-0.05, 0) is 43.2 Å². The van der Waals surface area contributed by atoms with Gasteiger partial charge in [0.1, 0.15) is 11.5 Å². The summed E-state index contributed by atoms with van der Waals surface area (Å²) in [6, 6.07) is 12.3. The second-order valence-electron chi connectivity index (χ2n) is 7.24. The van der Waals surface area contributed by atoms with Crippen molar-refractivity contribution in [2.24, 2.45) is 0 Å². The fraction of sp³-hybridized carbons (Fsp3) is 0.318. The van der Waals surface area contributed by atoms with Crippen LogP contribution in [0.4, 0.5) is 5.13 Å². The van der Waals surface area contributed by atoms with Crippen molar-refractivity contribution in [2.75, 3.05) is 32.2 Å². The molecule has 3 aromatic rings. The lowest BCUT2D eigenvalue weighted by Gasteiger charge is -2.31. The molecule has 0 unspecified atom stereocenters. The molecule has 1 fully saturated rings. The Kier molecular flexibility index (Phi) is 6.41. The van der Waals surface area contributed by atoms with Crippen molar-refractivity contribution in [1.82, 2.24) is 4.98 Å². The van der Waals surface area contributed by atoms with Gasteiger partial charge in [0, 0.05) is 24.0 Å². The van der Waals surface area contributed by atoms with E-state index in [0.717, 1.165) is 27.9 Å². The summed E-state index contributed by atoms with van der Waals surface area (Å²) in [6.07, 6.45) is 1.07. The molecule has 2 heterocycles. The van der Waals surface area contributed by atoms with Crippen LogP contribution in [0.25, 0.3) is 11.3 Å². The Bertz CT molecular complexity index is 1170. The van der Waals surface area contributed by atoms with Gasteiger partial charge in [0.2, 0.25) is 0 Å². The quantitative estimate of drug-likeness (QED) is 0.500. The first-order valence-electron chi connectivity index (χ1n) is 9.85. The molecule has 2 aromatic carbocycles. The first-order valence-corrected chi connectivity index (χ1v) is 12.7. The maximum absolute atomic E-state index is 13.0. The molecule has 4 rings (SSSR count). The largest absolute Gasteiger partial charge is 0.497 e. The fourth-order valence-corrected chi connectivity index (χ4v) is 6.90. The number of piperidine rings is 1. The second-order valence-corrected chi connectivity index (χ2v) is 10.7. The molecule has 164 valence electrons. The standard InChI is InChI=1S/C22H23ClN2O4S2/c1-28-15-7-8-20(29-2)17(13-15)19-14-30-22(24-19)25-11-9-16(10-12-25)31(26,27)21-6-4-3-5-18(21)23/h3-8,13-14,16H,9-12H2,1-2H3. The number of rotatable bonds is 6. The fourth-order valence-electron chi connectivity index (χ4n) is 3.76. The van der Waals surface area contributed by atoms with Gasteiger partial charge in [0.15, 0.2) is 15.0 Å². The first kappa shape index (κ1) is 21.9. The summed E-state index contributed by atoms with van der Waals surface area (Å²) in [5.41, 5.74) is 1.67. The highest BCUT2D eigenvalue weighted by atomic mass is 35.5. The number of methoxy groups -OCH3 is 2. The van der Waals surface area contributed by atoms with Gasteiger partial charge in [0.05, 0.1) is 35.1 Å². The predicted octanol–water partition coefficient (Wildman–Crippen LogP) is 4.92. The number of hydrogen-bond acceptors (Lipinski definition) is 7. The molecule has 0 N–H and O–H groups in total. The number of halogens is 1. The normalized spacial score (nSPS) is 15.1. The number of anilines is 1. The molecule has 6 nitrogen and oxygen atoms in total. The van der Waals surface area contributed by atoms with Crippen molar-refractivity contribution in [3.8, 4) is 22.8 Å². The van der Waals surface area contributed by atoms with Gasteiger partial charge in [-0.1, -0.05) is 23.7 Å². The van der Waals surface area contributed by atoms with E-state index in [4.69, 9.17) is 26.1 Å². The monoisotopic (exact) mass is 478 g/mol. The lowest BCUT2D eigenvalue weighted by atomic mass is 10.1. The van der Waals surface area contributed by atoms with Crippen LogP contribution in [0.3, 0.4) is 0 Å². The molecule has 0 aliphatic carbocycles. The smallest absolute Gasteiger partial charge is 0.185 e. The Morgan fingerprint density at radius 2 is 1.84 bits per heavy atom. The third-order valence-corrected chi connectivity index (χ3v) is 9.13. The zero-order valence-electron chi connectivity index (χ0n) is 17.2. The van der Waals surface area contributed by atoms with Crippen LogP contribution in [0.15, 0.2) is 52.7 Å². The van der Waals surface area contributed by atoms with E-state index in [0.29, 0.717) is 25.9 Å². The summed E-state index contributed by atoms with van der Waals surface area (Å²) in [4.78, 5) is 7.14. The van der Waals surface area contributed by atoms with Crippen LogP contribution in [-0.4, -0.2) is 46.0 Å². The van der Waals surface area contributed by atoms with Gasteiger partial charge in [-0.15, -0.1) is 11.3 Å². The SMILES string of the molecule is COc1ccc(OC)c(-c2csc(N3CCC(S(=O)(=O)c4ccccc4Cl)CC3)n2)c1. The van der Waals surface area contributed by atoms with Crippen molar-refractivity contribution in [3.05, 3.63) is 52.9 Å². The van der Waals surface area contributed by atoms with Crippen molar-refractivity contribution in [3.63, 3.8) is 0 Å². The summed E-state index contributed by atoms with van der Waals surface area (Å²) in [5, 5.41) is 2.69. The molecule has 9 heteroatoms. The molecule has 0 amide bonds. The van der Waals surface area contributed by atoms with E-state index in [9.17, 15) is 8.42 Å². The van der Waals surface area contributed by atoms with Crippen molar-refractivity contribution in [2.45, 2.75) is 23.0 Å². The van der Waals surface area contributed by atoms with E-state index < -0.39 is 15.1 Å². The summed E-state index contributed by atoms with van der Waals surface area (Å²) in [7, 11) is -0.207. The second kappa shape index (κ2) is 9.06. The third kappa shape index (κ3) is 4.37. The molecule has 0 spiro atoms. The average molecular weight is 479 g/mol. The third-order valence-electron chi connectivity index (χ3n) is 5.47.